The molecule has 1 unspecified atom stereocenters. The van der Waals surface area contributed by atoms with Gasteiger partial charge in [-0.25, -0.2) is 0 Å². The second kappa shape index (κ2) is 8.90. The van der Waals surface area contributed by atoms with Gasteiger partial charge in [0.05, 0.1) is 5.25 Å². The van der Waals surface area contributed by atoms with Gasteiger partial charge >= 0.3 is 0 Å². The molecule has 0 heterocycles. The highest BCUT2D eigenvalue weighted by Gasteiger charge is 2.16. The summed E-state index contributed by atoms with van der Waals surface area (Å²) in [5, 5.41) is 3.28. The first-order valence-corrected chi connectivity index (χ1v) is 9.01. The number of ketones is 1. The highest BCUT2D eigenvalue weighted by molar-refractivity contribution is 8.00. The third kappa shape index (κ3) is 5.69. The zero-order valence-electron chi connectivity index (χ0n) is 13.7. The molecule has 1 atom stereocenters. The Balaban J connectivity index is 1.93. The van der Waals surface area contributed by atoms with E-state index >= 15 is 0 Å². The van der Waals surface area contributed by atoms with E-state index in [0.29, 0.717) is 17.1 Å². The van der Waals surface area contributed by atoms with Crippen LogP contribution in [-0.4, -0.2) is 23.5 Å². The Morgan fingerprint density at radius 3 is 2.29 bits per heavy atom. The summed E-state index contributed by atoms with van der Waals surface area (Å²) in [7, 11) is 0. The third-order valence-electron chi connectivity index (χ3n) is 3.52. The Kier molecular flexibility index (Phi) is 6.88. The van der Waals surface area contributed by atoms with Crippen molar-refractivity contribution in [3.8, 4) is 0 Å². The fourth-order valence-corrected chi connectivity index (χ4v) is 3.29. The second-order valence-corrected chi connectivity index (χ2v) is 7.36. The first-order valence-electron chi connectivity index (χ1n) is 7.75. The van der Waals surface area contributed by atoms with E-state index in [1.807, 2.05) is 55.5 Å². The average Bonchev–Trinajstić information content (AvgIpc) is 2.56. The van der Waals surface area contributed by atoms with Gasteiger partial charge in [0.15, 0.2) is 5.78 Å². The summed E-state index contributed by atoms with van der Waals surface area (Å²) in [6, 6.07) is 15.1. The van der Waals surface area contributed by atoms with Crippen molar-refractivity contribution >= 4 is 35.1 Å². The van der Waals surface area contributed by atoms with Crippen LogP contribution in [0.4, 0.5) is 0 Å². The number of carbonyl (C=O) groups excluding carboxylic acids is 2. The van der Waals surface area contributed by atoms with Gasteiger partial charge in [0.1, 0.15) is 0 Å². The highest BCUT2D eigenvalue weighted by Crippen LogP contribution is 2.26. The van der Waals surface area contributed by atoms with Crippen molar-refractivity contribution in [1.29, 1.82) is 0 Å². The summed E-state index contributed by atoms with van der Waals surface area (Å²) >= 11 is 7.40. The molecule has 0 aliphatic heterocycles. The summed E-state index contributed by atoms with van der Waals surface area (Å²) in [6.45, 7) is 4.01. The number of benzene rings is 2. The zero-order chi connectivity index (χ0) is 17.5. The summed E-state index contributed by atoms with van der Waals surface area (Å²) in [5.74, 6) is 0.0678. The van der Waals surface area contributed by atoms with Gasteiger partial charge in [-0.3, -0.25) is 9.59 Å². The molecule has 2 aromatic carbocycles. The maximum atomic E-state index is 12.5. The summed E-state index contributed by atoms with van der Waals surface area (Å²) in [5.41, 5.74) is 1.80. The number of carbonyl (C=O) groups is 2. The molecule has 0 saturated carbocycles. The van der Waals surface area contributed by atoms with Crippen LogP contribution < -0.4 is 5.32 Å². The van der Waals surface area contributed by atoms with Crippen molar-refractivity contribution in [2.45, 2.75) is 30.4 Å². The smallest absolute Gasteiger partial charge is 0.216 e. The fraction of sp³-hybridized carbons (Fsp3) is 0.263. The van der Waals surface area contributed by atoms with Gasteiger partial charge in [-0.1, -0.05) is 35.9 Å². The Morgan fingerprint density at radius 1 is 1.08 bits per heavy atom. The molecule has 2 rings (SSSR count). The van der Waals surface area contributed by atoms with Crippen molar-refractivity contribution in [3.05, 3.63) is 64.7 Å². The van der Waals surface area contributed by atoms with Gasteiger partial charge in [0.25, 0.3) is 0 Å². The van der Waals surface area contributed by atoms with E-state index in [-0.39, 0.29) is 16.9 Å². The molecule has 0 fully saturated rings. The molecule has 3 nitrogen and oxygen atoms in total. The van der Waals surface area contributed by atoms with Crippen molar-refractivity contribution < 1.29 is 9.59 Å². The van der Waals surface area contributed by atoms with E-state index in [1.165, 1.54) is 18.7 Å². The molecule has 24 heavy (non-hydrogen) atoms. The Hall–Kier alpha value is -1.78. The SMILES string of the molecule is CC(=O)NCCc1ccc(C(=O)C(C)Sc2ccc(Cl)cc2)cc1. The van der Waals surface area contributed by atoms with Crippen molar-refractivity contribution in [2.24, 2.45) is 0 Å². The number of rotatable bonds is 7. The topological polar surface area (TPSA) is 46.2 Å². The van der Waals surface area contributed by atoms with Crippen LogP contribution in [-0.2, 0) is 11.2 Å². The minimum atomic E-state index is -0.170. The first-order chi connectivity index (χ1) is 11.5. The molecule has 0 bridgehead atoms. The van der Waals surface area contributed by atoms with Crippen LogP contribution in [0.3, 0.4) is 0 Å². The monoisotopic (exact) mass is 361 g/mol. The Bertz CT molecular complexity index is 698. The lowest BCUT2D eigenvalue weighted by Gasteiger charge is -2.11. The molecule has 5 heteroatoms. The van der Waals surface area contributed by atoms with Crippen molar-refractivity contribution in [2.75, 3.05) is 6.54 Å². The highest BCUT2D eigenvalue weighted by atomic mass is 35.5. The van der Waals surface area contributed by atoms with Crippen LogP contribution in [0.2, 0.25) is 5.02 Å². The summed E-state index contributed by atoms with van der Waals surface area (Å²) < 4.78 is 0. The van der Waals surface area contributed by atoms with Gasteiger partial charge in [0, 0.05) is 29.0 Å². The molecule has 0 aromatic heterocycles. The summed E-state index contributed by atoms with van der Waals surface area (Å²) in [4.78, 5) is 24.4. The molecule has 0 saturated heterocycles. The normalized spacial score (nSPS) is 11.8. The van der Waals surface area contributed by atoms with E-state index in [1.54, 1.807) is 0 Å². The maximum Gasteiger partial charge on any atom is 0.216 e. The molecule has 0 radical (unpaired) electrons. The van der Waals surface area contributed by atoms with E-state index in [0.717, 1.165) is 16.9 Å². The van der Waals surface area contributed by atoms with Gasteiger partial charge in [-0.2, -0.15) is 0 Å². The minimum Gasteiger partial charge on any atom is -0.356 e. The summed E-state index contributed by atoms with van der Waals surface area (Å²) in [6.07, 6.45) is 0.753. The van der Waals surface area contributed by atoms with Crippen LogP contribution in [0.1, 0.15) is 29.8 Å². The van der Waals surface area contributed by atoms with Gasteiger partial charge in [-0.15, -0.1) is 11.8 Å². The van der Waals surface area contributed by atoms with Crippen LogP contribution in [0.15, 0.2) is 53.4 Å². The number of Topliss-reactive ketones (excluding diaryl/α,β-unsaturated/α-hetero) is 1. The number of thioether (sulfide) groups is 1. The van der Waals surface area contributed by atoms with Gasteiger partial charge < -0.3 is 5.32 Å². The molecule has 1 N–H and O–H groups in total. The molecular formula is C19H20ClNO2S. The van der Waals surface area contributed by atoms with E-state index in [2.05, 4.69) is 5.32 Å². The molecule has 0 spiro atoms. The predicted octanol–water partition coefficient (Wildman–Crippen LogP) is 4.38. The number of halogens is 1. The molecule has 126 valence electrons. The lowest BCUT2D eigenvalue weighted by atomic mass is 10.0. The molecule has 0 aliphatic carbocycles. The molecule has 0 aliphatic rings. The van der Waals surface area contributed by atoms with Crippen molar-refractivity contribution in [1.82, 2.24) is 5.32 Å². The number of nitrogens with one attached hydrogen (secondary N) is 1. The van der Waals surface area contributed by atoms with E-state index < -0.39 is 0 Å². The molecule has 1 amide bonds. The lowest BCUT2D eigenvalue weighted by molar-refractivity contribution is -0.118. The number of hydrogen-bond acceptors (Lipinski definition) is 3. The van der Waals surface area contributed by atoms with Crippen molar-refractivity contribution in [3.63, 3.8) is 0 Å². The fourth-order valence-electron chi connectivity index (χ4n) is 2.22. The second-order valence-electron chi connectivity index (χ2n) is 5.51. The molecule has 2 aromatic rings. The lowest BCUT2D eigenvalue weighted by Crippen LogP contribution is -2.22. The zero-order valence-corrected chi connectivity index (χ0v) is 15.3. The predicted molar refractivity (Wildman–Crippen MR) is 99.9 cm³/mol. The van der Waals surface area contributed by atoms with Crippen LogP contribution in [0.25, 0.3) is 0 Å². The van der Waals surface area contributed by atoms with Crippen LogP contribution in [0, 0.1) is 0 Å². The average molecular weight is 362 g/mol. The van der Waals surface area contributed by atoms with Crippen LogP contribution in [0.5, 0.6) is 0 Å². The molecular weight excluding hydrogens is 342 g/mol. The Labute approximate surface area is 151 Å². The quantitative estimate of drug-likeness (QED) is 0.588. The standard InChI is InChI=1S/C19H20ClNO2S/c1-13(24-18-9-7-17(20)8-10-18)19(23)16-5-3-15(4-6-16)11-12-21-14(2)22/h3-10,13H,11-12H2,1-2H3,(H,21,22). The maximum absolute atomic E-state index is 12.5. The van der Waals surface area contributed by atoms with Gasteiger partial charge in [0.2, 0.25) is 5.91 Å². The number of hydrogen-bond donors (Lipinski definition) is 1. The Morgan fingerprint density at radius 2 is 1.71 bits per heavy atom. The largest absolute Gasteiger partial charge is 0.356 e. The van der Waals surface area contributed by atoms with E-state index in [9.17, 15) is 9.59 Å². The minimum absolute atomic E-state index is 0.0325. The van der Waals surface area contributed by atoms with Gasteiger partial charge in [-0.05, 0) is 43.2 Å². The first kappa shape index (κ1) is 18.6. The van der Waals surface area contributed by atoms with E-state index in [4.69, 9.17) is 11.6 Å². The third-order valence-corrected chi connectivity index (χ3v) is 4.89. The van der Waals surface area contributed by atoms with Crippen LogP contribution >= 0.6 is 23.4 Å². The number of amides is 1.